The van der Waals surface area contributed by atoms with E-state index in [2.05, 4.69) is 17.2 Å². The van der Waals surface area contributed by atoms with Gasteiger partial charge in [0.1, 0.15) is 5.69 Å². The molecule has 4 nitrogen and oxygen atoms in total. The van der Waals surface area contributed by atoms with Crippen LogP contribution in [-0.4, -0.2) is 34.9 Å². The van der Waals surface area contributed by atoms with Gasteiger partial charge >= 0.3 is 0 Å². The maximum Gasteiger partial charge on any atom is 0.272 e. The fraction of sp³-hybridized carbons (Fsp3) is 0.625. The van der Waals surface area contributed by atoms with E-state index < -0.39 is 0 Å². The number of rotatable bonds is 5. The highest BCUT2D eigenvalue weighted by Gasteiger charge is 2.25. The molecule has 0 bridgehead atoms. The first-order valence-electron chi connectivity index (χ1n) is 7.77. The number of carbonyl (C=O) groups excluding carboxylic acids is 1. The molecule has 0 saturated heterocycles. The molecule has 1 saturated carbocycles. The Kier molecular flexibility index (Phi) is 5.39. The van der Waals surface area contributed by atoms with Gasteiger partial charge in [0, 0.05) is 19.1 Å². The molecular weight excluding hydrogens is 250 g/mol. The molecule has 2 rings (SSSR count). The highest BCUT2D eigenvalue weighted by molar-refractivity contribution is 5.92. The van der Waals surface area contributed by atoms with E-state index in [1.54, 1.807) is 6.20 Å². The van der Waals surface area contributed by atoms with Gasteiger partial charge in [0.2, 0.25) is 0 Å². The van der Waals surface area contributed by atoms with E-state index in [0.29, 0.717) is 11.7 Å². The standard InChI is InChI=1S/C16H25N3O/c1-3-17-13-10-11-15(18-12-13)16(20)19(4-2)14-8-6-5-7-9-14/h10-12,14,17H,3-9H2,1-2H3. The van der Waals surface area contributed by atoms with Crippen molar-refractivity contribution in [2.45, 2.75) is 52.0 Å². The van der Waals surface area contributed by atoms with Gasteiger partial charge < -0.3 is 10.2 Å². The lowest BCUT2D eigenvalue weighted by Gasteiger charge is -2.33. The molecular formula is C16H25N3O. The molecule has 110 valence electrons. The number of anilines is 1. The van der Waals surface area contributed by atoms with Crippen LogP contribution in [0.3, 0.4) is 0 Å². The number of hydrogen-bond acceptors (Lipinski definition) is 3. The second kappa shape index (κ2) is 7.27. The van der Waals surface area contributed by atoms with E-state index in [1.807, 2.05) is 24.0 Å². The van der Waals surface area contributed by atoms with E-state index in [9.17, 15) is 4.79 Å². The summed E-state index contributed by atoms with van der Waals surface area (Å²) in [7, 11) is 0. The predicted molar refractivity (Wildman–Crippen MR) is 82.0 cm³/mol. The van der Waals surface area contributed by atoms with Crippen LogP contribution >= 0.6 is 0 Å². The van der Waals surface area contributed by atoms with Crippen molar-refractivity contribution in [1.82, 2.24) is 9.88 Å². The third-order valence-electron chi connectivity index (χ3n) is 3.98. The minimum atomic E-state index is 0.0717. The van der Waals surface area contributed by atoms with Crippen molar-refractivity contribution in [3.8, 4) is 0 Å². The Hall–Kier alpha value is -1.58. The molecule has 1 N–H and O–H groups in total. The molecule has 20 heavy (non-hydrogen) atoms. The Morgan fingerprint density at radius 3 is 2.60 bits per heavy atom. The average Bonchev–Trinajstić information content (AvgIpc) is 2.50. The molecule has 0 radical (unpaired) electrons. The molecule has 0 aromatic carbocycles. The van der Waals surface area contributed by atoms with Crippen LogP contribution in [0, 0.1) is 0 Å². The largest absolute Gasteiger partial charge is 0.384 e. The zero-order valence-electron chi connectivity index (χ0n) is 12.6. The van der Waals surface area contributed by atoms with Gasteiger partial charge in [0.05, 0.1) is 11.9 Å². The van der Waals surface area contributed by atoms with E-state index in [0.717, 1.165) is 31.6 Å². The van der Waals surface area contributed by atoms with E-state index >= 15 is 0 Å². The number of aromatic nitrogens is 1. The molecule has 1 fully saturated rings. The fourth-order valence-electron chi connectivity index (χ4n) is 2.94. The Bertz CT molecular complexity index is 424. The summed E-state index contributed by atoms with van der Waals surface area (Å²) in [5, 5.41) is 3.19. The van der Waals surface area contributed by atoms with Gasteiger partial charge in [-0.05, 0) is 38.8 Å². The molecule has 1 aliphatic rings. The molecule has 1 aliphatic carbocycles. The molecule has 1 heterocycles. The van der Waals surface area contributed by atoms with Crippen LogP contribution in [0.1, 0.15) is 56.4 Å². The van der Waals surface area contributed by atoms with Gasteiger partial charge in [0.15, 0.2) is 0 Å². The monoisotopic (exact) mass is 275 g/mol. The molecule has 0 spiro atoms. The maximum absolute atomic E-state index is 12.6. The predicted octanol–water partition coefficient (Wildman–Crippen LogP) is 3.31. The Balaban J connectivity index is 2.07. The highest BCUT2D eigenvalue weighted by Crippen LogP contribution is 2.23. The van der Waals surface area contributed by atoms with E-state index in [1.165, 1.54) is 19.3 Å². The molecule has 1 aromatic rings. The van der Waals surface area contributed by atoms with Gasteiger partial charge in [-0.1, -0.05) is 19.3 Å². The van der Waals surface area contributed by atoms with Crippen molar-refractivity contribution in [2.24, 2.45) is 0 Å². The number of pyridine rings is 1. The SMILES string of the molecule is CCNc1ccc(C(=O)N(CC)C2CCCCC2)nc1. The summed E-state index contributed by atoms with van der Waals surface area (Å²) in [5.74, 6) is 0.0717. The topological polar surface area (TPSA) is 45.2 Å². The molecule has 0 unspecified atom stereocenters. The summed E-state index contributed by atoms with van der Waals surface area (Å²) in [5.41, 5.74) is 1.52. The van der Waals surface area contributed by atoms with Crippen LogP contribution in [0.4, 0.5) is 5.69 Å². The molecule has 4 heteroatoms. The Morgan fingerprint density at radius 2 is 2.05 bits per heavy atom. The lowest BCUT2D eigenvalue weighted by atomic mass is 9.94. The van der Waals surface area contributed by atoms with Crippen molar-refractivity contribution in [1.29, 1.82) is 0 Å². The first-order valence-corrected chi connectivity index (χ1v) is 7.77. The quantitative estimate of drug-likeness (QED) is 0.896. The maximum atomic E-state index is 12.6. The summed E-state index contributed by atoms with van der Waals surface area (Å²) >= 11 is 0. The number of nitrogens with one attached hydrogen (secondary N) is 1. The third-order valence-corrected chi connectivity index (χ3v) is 3.98. The van der Waals surface area contributed by atoms with Crippen molar-refractivity contribution in [3.05, 3.63) is 24.0 Å². The second-order valence-corrected chi connectivity index (χ2v) is 5.35. The van der Waals surface area contributed by atoms with E-state index in [-0.39, 0.29) is 5.91 Å². The second-order valence-electron chi connectivity index (χ2n) is 5.35. The van der Waals surface area contributed by atoms with Gasteiger partial charge in [-0.15, -0.1) is 0 Å². The van der Waals surface area contributed by atoms with Crippen LogP contribution < -0.4 is 5.32 Å². The van der Waals surface area contributed by atoms with Crippen LogP contribution in [-0.2, 0) is 0 Å². The fourth-order valence-corrected chi connectivity index (χ4v) is 2.94. The molecule has 0 aliphatic heterocycles. The van der Waals surface area contributed by atoms with Gasteiger partial charge in [0.25, 0.3) is 5.91 Å². The molecule has 1 aromatic heterocycles. The van der Waals surface area contributed by atoms with Crippen LogP contribution in [0.5, 0.6) is 0 Å². The van der Waals surface area contributed by atoms with Crippen molar-refractivity contribution in [3.63, 3.8) is 0 Å². The van der Waals surface area contributed by atoms with Gasteiger partial charge in [-0.2, -0.15) is 0 Å². The number of amides is 1. The lowest BCUT2D eigenvalue weighted by molar-refractivity contribution is 0.0642. The van der Waals surface area contributed by atoms with Crippen LogP contribution in [0.2, 0.25) is 0 Å². The van der Waals surface area contributed by atoms with Crippen molar-refractivity contribution < 1.29 is 4.79 Å². The first kappa shape index (κ1) is 14.8. The first-order chi connectivity index (χ1) is 9.76. The summed E-state index contributed by atoms with van der Waals surface area (Å²) < 4.78 is 0. The Labute approximate surface area is 121 Å². The Morgan fingerprint density at radius 1 is 1.30 bits per heavy atom. The van der Waals surface area contributed by atoms with Gasteiger partial charge in [-0.3, -0.25) is 4.79 Å². The third kappa shape index (κ3) is 3.50. The molecule has 0 atom stereocenters. The summed E-state index contributed by atoms with van der Waals surface area (Å²) in [6, 6.07) is 4.15. The van der Waals surface area contributed by atoms with Crippen LogP contribution in [0.15, 0.2) is 18.3 Å². The summed E-state index contributed by atoms with van der Waals surface area (Å²) in [6.45, 7) is 5.72. The number of carbonyl (C=O) groups is 1. The summed E-state index contributed by atoms with van der Waals surface area (Å²) in [6.07, 6.45) is 7.79. The lowest BCUT2D eigenvalue weighted by Crippen LogP contribution is -2.41. The minimum absolute atomic E-state index is 0.0717. The number of hydrogen-bond donors (Lipinski definition) is 1. The number of nitrogens with zero attached hydrogens (tertiary/aromatic N) is 2. The zero-order chi connectivity index (χ0) is 14.4. The van der Waals surface area contributed by atoms with Crippen molar-refractivity contribution in [2.75, 3.05) is 18.4 Å². The van der Waals surface area contributed by atoms with Crippen molar-refractivity contribution >= 4 is 11.6 Å². The average molecular weight is 275 g/mol. The zero-order valence-corrected chi connectivity index (χ0v) is 12.6. The normalized spacial score (nSPS) is 15.9. The van der Waals surface area contributed by atoms with Gasteiger partial charge in [-0.25, -0.2) is 4.98 Å². The van der Waals surface area contributed by atoms with E-state index in [4.69, 9.17) is 0 Å². The minimum Gasteiger partial charge on any atom is -0.384 e. The molecule has 1 amide bonds. The smallest absolute Gasteiger partial charge is 0.272 e. The highest BCUT2D eigenvalue weighted by atomic mass is 16.2. The summed E-state index contributed by atoms with van der Waals surface area (Å²) in [4.78, 5) is 18.9. The van der Waals surface area contributed by atoms with Crippen LogP contribution in [0.25, 0.3) is 0 Å².